The fourth-order valence-corrected chi connectivity index (χ4v) is 8.40. The fraction of sp³-hybridized carbons (Fsp3) is 0.656. The lowest BCUT2D eigenvalue weighted by Gasteiger charge is -2.27. The first-order chi connectivity index (χ1) is 35.9. The summed E-state index contributed by atoms with van der Waals surface area (Å²) in [5.74, 6) is -0.572. The van der Waals surface area contributed by atoms with E-state index in [9.17, 15) is 19.0 Å². The molecule has 0 aromatic rings. The molecule has 0 aliphatic heterocycles. The van der Waals surface area contributed by atoms with Gasteiger partial charge in [-0.2, -0.15) is 0 Å². The van der Waals surface area contributed by atoms with Gasteiger partial charge in [-0.05, 0) is 115 Å². The zero-order chi connectivity index (χ0) is 54.3. The Morgan fingerprint density at radius 2 is 0.865 bits per heavy atom. The van der Waals surface area contributed by atoms with Crippen molar-refractivity contribution >= 4 is 19.7 Å². The summed E-state index contributed by atoms with van der Waals surface area (Å²) in [6, 6.07) is -0.878. The third-order valence-corrected chi connectivity index (χ3v) is 13.1. The molecule has 3 atom stereocenters. The summed E-state index contributed by atoms with van der Waals surface area (Å²) < 4.78 is 30.6. The van der Waals surface area contributed by atoms with Crippen LogP contribution in [0, 0.1) is 0 Å². The quantitative estimate of drug-likeness (QED) is 0.0205. The van der Waals surface area contributed by atoms with Crippen LogP contribution in [0.2, 0.25) is 0 Å². The van der Waals surface area contributed by atoms with E-state index in [2.05, 4.69) is 135 Å². The summed E-state index contributed by atoms with van der Waals surface area (Å²) in [6.45, 7) is 6.71. The molecule has 74 heavy (non-hydrogen) atoms. The molecule has 0 aromatic carbocycles. The molecule has 0 aliphatic carbocycles. The number of quaternary nitrogens is 1. The van der Waals surface area contributed by atoms with Crippen LogP contribution in [0.25, 0.3) is 0 Å². The Labute approximate surface area is 454 Å². The number of rotatable bonds is 51. The van der Waals surface area contributed by atoms with Crippen molar-refractivity contribution in [1.29, 1.82) is 0 Å². The molecule has 10 heteroatoms. The number of hydrogen-bond donors (Lipinski definition) is 2. The molecular formula is C64H110N2O7P+. The molecule has 0 saturated heterocycles. The summed E-state index contributed by atoms with van der Waals surface area (Å²) >= 11 is 0. The molecule has 422 valence electrons. The van der Waals surface area contributed by atoms with Crippen molar-refractivity contribution < 1.29 is 37.3 Å². The Morgan fingerprint density at radius 3 is 1.30 bits per heavy atom. The second-order valence-electron chi connectivity index (χ2n) is 20.4. The summed E-state index contributed by atoms with van der Waals surface area (Å²) in [4.78, 5) is 37.6. The number of unbranched alkanes of at least 4 members (excludes halogenated alkanes) is 17. The van der Waals surface area contributed by atoms with E-state index in [0.717, 1.165) is 128 Å². The minimum Gasteiger partial charge on any atom is -0.456 e. The Bertz CT molecular complexity index is 1680. The zero-order valence-corrected chi connectivity index (χ0v) is 48.9. The summed E-state index contributed by atoms with van der Waals surface area (Å²) in [7, 11) is 1.44. The fourth-order valence-electron chi connectivity index (χ4n) is 7.66. The second kappa shape index (κ2) is 52.8. The van der Waals surface area contributed by atoms with Crippen molar-refractivity contribution in [3.8, 4) is 0 Å². The lowest BCUT2D eigenvalue weighted by Crippen LogP contribution is -2.47. The van der Waals surface area contributed by atoms with Crippen LogP contribution < -0.4 is 5.32 Å². The Kier molecular flexibility index (Phi) is 50.3. The third-order valence-electron chi connectivity index (χ3n) is 12.1. The maximum atomic E-state index is 13.5. The van der Waals surface area contributed by atoms with Gasteiger partial charge in [-0.1, -0.05) is 213 Å². The topological polar surface area (TPSA) is 111 Å². The van der Waals surface area contributed by atoms with Gasteiger partial charge in [0.2, 0.25) is 5.91 Å². The molecule has 0 aromatic heterocycles. The zero-order valence-electron chi connectivity index (χ0n) is 48.0. The van der Waals surface area contributed by atoms with Gasteiger partial charge in [0.1, 0.15) is 19.3 Å². The van der Waals surface area contributed by atoms with Gasteiger partial charge in [0.25, 0.3) is 0 Å². The molecule has 0 fully saturated rings. The average Bonchev–Trinajstić information content (AvgIpc) is 3.36. The van der Waals surface area contributed by atoms with Gasteiger partial charge in [0.15, 0.2) is 0 Å². The molecule has 0 radical (unpaired) electrons. The van der Waals surface area contributed by atoms with Crippen LogP contribution in [-0.2, 0) is 27.9 Å². The largest absolute Gasteiger partial charge is 0.472 e. The highest BCUT2D eigenvalue weighted by atomic mass is 31.2. The van der Waals surface area contributed by atoms with Crippen LogP contribution in [0.5, 0.6) is 0 Å². The number of carbonyl (C=O) groups is 2. The molecule has 0 spiro atoms. The first kappa shape index (κ1) is 70.4. The summed E-state index contributed by atoms with van der Waals surface area (Å²) in [5, 5.41) is 3.02. The molecule has 3 unspecified atom stereocenters. The maximum absolute atomic E-state index is 13.5. The number of amides is 1. The SMILES string of the molecule is CC/C=C\C/C=C\C/C=C\C/C=C\C/C=C\C/C=C\CCCCCCC(=O)OC(/C=C\CCCCCCCCCCC)C(COP(=O)(O)OCC[N+](C)(C)C)NC(=O)CCCCCC/C=C/C/C=C/C/C=C/CC. The number of allylic oxidation sites excluding steroid dienone is 19. The van der Waals surface area contributed by atoms with E-state index in [4.69, 9.17) is 13.8 Å². The van der Waals surface area contributed by atoms with Crippen molar-refractivity contribution in [1.82, 2.24) is 5.32 Å². The van der Waals surface area contributed by atoms with E-state index < -0.39 is 20.0 Å². The van der Waals surface area contributed by atoms with Crippen molar-refractivity contribution in [2.75, 3.05) is 40.9 Å². The van der Waals surface area contributed by atoms with Crippen molar-refractivity contribution in [3.63, 3.8) is 0 Å². The number of likely N-dealkylation sites (N-methyl/N-ethyl adjacent to an activating group) is 1. The van der Waals surface area contributed by atoms with Crippen molar-refractivity contribution in [3.05, 3.63) is 122 Å². The monoisotopic (exact) mass is 1050 g/mol. The highest BCUT2D eigenvalue weighted by Crippen LogP contribution is 2.43. The predicted molar refractivity (Wildman–Crippen MR) is 318 cm³/mol. The van der Waals surface area contributed by atoms with E-state index in [0.29, 0.717) is 30.3 Å². The third kappa shape index (κ3) is 53.2. The number of nitrogens with one attached hydrogen (secondary N) is 1. The van der Waals surface area contributed by atoms with Crippen LogP contribution >= 0.6 is 7.82 Å². The highest BCUT2D eigenvalue weighted by Gasteiger charge is 2.30. The summed E-state index contributed by atoms with van der Waals surface area (Å²) in [6.07, 6.45) is 73.4. The number of ether oxygens (including phenoxy) is 1. The smallest absolute Gasteiger partial charge is 0.456 e. The number of carbonyl (C=O) groups excluding carboxylic acids is 2. The van der Waals surface area contributed by atoms with Crippen LogP contribution in [0.4, 0.5) is 0 Å². The van der Waals surface area contributed by atoms with E-state index in [1.54, 1.807) is 0 Å². The van der Waals surface area contributed by atoms with Gasteiger partial charge in [-0.15, -0.1) is 0 Å². The van der Waals surface area contributed by atoms with Gasteiger partial charge in [-0.3, -0.25) is 18.6 Å². The van der Waals surface area contributed by atoms with Crippen molar-refractivity contribution in [2.24, 2.45) is 0 Å². The molecule has 0 heterocycles. The van der Waals surface area contributed by atoms with Gasteiger partial charge in [0.05, 0.1) is 33.8 Å². The lowest BCUT2D eigenvalue weighted by atomic mass is 10.1. The molecule has 0 bridgehead atoms. The number of phosphoric ester groups is 1. The molecular weight excluding hydrogens is 940 g/mol. The Balaban J connectivity index is 5.33. The number of esters is 1. The Morgan fingerprint density at radius 1 is 0.486 bits per heavy atom. The molecule has 2 N–H and O–H groups in total. The minimum absolute atomic E-state index is 0.0243. The predicted octanol–water partition coefficient (Wildman–Crippen LogP) is 17.9. The molecule has 0 saturated carbocycles. The van der Waals surface area contributed by atoms with E-state index in [1.165, 1.54) is 44.9 Å². The Hall–Kier alpha value is -3.59. The highest BCUT2D eigenvalue weighted by molar-refractivity contribution is 7.47. The maximum Gasteiger partial charge on any atom is 0.472 e. The second-order valence-corrected chi connectivity index (χ2v) is 21.9. The van der Waals surface area contributed by atoms with E-state index in [-0.39, 0.29) is 31.5 Å². The van der Waals surface area contributed by atoms with Crippen LogP contribution in [-0.4, -0.2) is 74.3 Å². The molecule has 9 nitrogen and oxygen atoms in total. The summed E-state index contributed by atoms with van der Waals surface area (Å²) in [5.41, 5.74) is 0. The first-order valence-corrected chi connectivity index (χ1v) is 30.9. The normalized spacial score (nSPS) is 14.6. The van der Waals surface area contributed by atoms with Crippen LogP contribution in [0.15, 0.2) is 122 Å². The van der Waals surface area contributed by atoms with Crippen LogP contribution in [0.3, 0.4) is 0 Å². The molecule has 1 amide bonds. The number of phosphoric acid groups is 1. The van der Waals surface area contributed by atoms with E-state index in [1.807, 2.05) is 33.3 Å². The lowest BCUT2D eigenvalue weighted by molar-refractivity contribution is -0.870. The van der Waals surface area contributed by atoms with E-state index >= 15 is 0 Å². The van der Waals surface area contributed by atoms with Crippen LogP contribution in [0.1, 0.15) is 220 Å². The standard InChI is InChI=1S/C64H109N2O7P/c1-7-10-13-16-19-22-25-27-29-30-31-32-33-34-35-36-37-39-42-45-48-51-54-57-64(68)73-62(55-52-49-46-43-40-24-21-18-15-12-9-3)61(60-72-74(69,70)71-59-58-66(4,5)6)65-63(67)56-53-50-47-44-41-38-28-26-23-20-17-14-11-8-2/h10-11,13-14,19-20,22-23,27-29,31-32,34-35,37-39,52,55,61-62H,7-9,12,15-18,21,24-26,30,33,36,40-51,53-54,56-60H2,1-6H3,(H-,65,67,69,70)/p+1/b13-10-,14-11+,22-19-,23-20+,29-27-,32-31-,35-34-,38-28+,39-37-,55-52-. The number of hydrogen-bond acceptors (Lipinski definition) is 6. The first-order valence-electron chi connectivity index (χ1n) is 29.4. The molecule has 0 aliphatic rings. The van der Waals surface area contributed by atoms with Crippen molar-refractivity contribution in [2.45, 2.75) is 232 Å². The average molecular weight is 1050 g/mol. The van der Waals surface area contributed by atoms with Gasteiger partial charge in [-0.25, -0.2) is 4.57 Å². The van der Waals surface area contributed by atoms with Gasteiger partial charge in [0, 0.05) is 12.8 Å². The number of nitrogens with zero attached hydrogens (tertiary/aromatic N) is 1. The minimum atomic E-state index is -4.46. The molecule has 0 rings (SSSR count). The van der Waals surface area contributed by atoms with Gasteiger partial charge < -0.3 is 19.4 Å². The van der Waals surface area contributed by atoms with Gasteiger partial charge >= 0.3 is 13.8 Å².